The molecule has 0 aliphatic carbocycles. The summed E-state index contributed by atoms with van der Waals surface area (Å²) < 4.78 is 6.12. The summed E-state index contributed by atoms with van der Waals surface area (Å²) in [5.74, 6) is 1.63. The van der Waals surface area contributed by atoms with E-state index in [0.717, 1.165) is 23.5 Å². The minimum Gasteiger partial charge on any atom is -0.457 e. The first-order valence-electron chi connectivity index (χ1n) is 7.24. The number of ether oxygens (including phenoxy) is 1. The van der Waals surface area contributed by atoms with Crippen molar-refractivity contribution in [2.24, 2.45) is 0 Å². The molecular weight excluding hydrogens is 282 g/mol. The number of nitrogens with zero attached hydrogens (tertiary/aromatic N) is 1. The molecule has 0 bridgehead atoms. The molecule has 2 aromatic rings. The third-order valence-electron chi connectivity index (χ3n) is 3.50. The van der Waals surface area contributed by atoms with E-state index in [0.29, 0.717) is 5.15 Å². The Morgan fingerprint density at radius 1 is 1.14 bits per heavy atom. The number of hydrogen-bond acceptors (Lipinski definition) is 2. The molecule has 2 rings (SSSR count). The summed E-state index contributed by atoms with van der Waals surface area (Å²) in [4.78, 5) is 4.06. The van der Waals surface area contributed by atoms with E-state index >= 15 is 0 Å². The third kappa shape index (κ3) is 3.76. The van der Waals surface area contributed by atoms with Gasteiger partial charge >= 0.3 is 0 Å². The number of rotatable bonds is 3. The lowest BCUT2D eigenvalue weighted by molar-refractivity contribution is 0.451. The van der Waals surface area contributed by atoms with Crippen LogP contribution in [0.15, 0.2) is 30.5 Å². The Labute approximate surface area is 132 Å². The number of hydrogen-bond donors (Lipinski definition) is 0. The first-order chi connectivity index (χ1) is 9.81. The average molecular weight is 304 g/mol. The number of pyridine rings is 1. The Morgan fingerprint density at radius 3 is 2.48 bits per heavy atom. The molecule has 0 unspecified atom stereocenters. The van der Waals surface area contributed by atoms with Crippen molar-refractivity contribution < 1.29 is 4.74 Å². The van der Waals surface area contributed by atoms with Crippen molar-refractivity contribution in [2.75, 3.05) is 0 Å². The standard InChI is InChI=1S/C18H22ClNO/c1-6-13-7-8-15(14(9-13)18(3,4)5)21-16-10-17(19)20-11-12(16)2/h7-11H,6H2,1-5H3. The Balaban J connectivity index is 2.46. The average Bonchev–Trinajstić information content (AvgIpc) is 2.42. The second-order valence-electron chi connectivity index (χ2n) is 6.31. The highest BCUT2D eigenvalue weighted by molar-refractivity contribution is 6.29. The van der Waals surface area contributed by atoms with Gasteiger partial charge in [-0.05, 0) is 30.4 Å². The fourth-order valence-corrected chi connectivity index (χ4v) is 2.33. The molecule has 0 saturated carbocycles. The second-order valence-corrected chi connectivity index (χ2v) is 6.70. The molecule has 0 fully saturated rings. The van der Waals surface area contributed by atoms with Crippen LogP contribution in [0.25, 0.3) is 0 Å². The van der Waals surface area contributed by atoms with Crippen LogP contribution in [-0.4, -0.2) is 4.98 Å². The number of aryl methyl sites for hydroxylation is 2. The van der Waals surface area contributed by atoms with E-state index in [-0.39, 0.29) is 5.41 Å². The first-order valence-corrected chi connectivity index (χ1v) is 7.62. The molecule has 0 amide bonds. The maximum absolute atomic E-state index is 6.12. The monoisotopic (exact) mass is 303 g/mol. The van der Waals surface area contributed by atoms with Gasteiger partial charge in [0.05, 0.1) is 0 Å². The van der Waals surface area contributed by atoms with E-state index in [9.17, 15) is 0 Å². The molecule has 0 aliphatic rings. The molecule has 0 atom stereocenters. The van der Waals surface area contributed by atoms with Crippen LogP contribution in [-0.2, 0) is 11.8 Å². The van der Waals surface area contributed by atoms with Crippen LogP contribution < -0.4 is 4.74 Å². The van der Waals surface area contributed by atoms with Gasteiger partial charge in [0.25, 0.3) is 0 Å². The van der Waals surface area contributed by atoms with Crippen molar-refractivity contribution in [3.8, 4) is 11.5 Å². The zero-order valence-corrected chi connectivity index (χ0v) is 14.1. The normalized spacial score (nSPS) is 11.5. The van der Waals surface area contributed by atoms with Crippen molar-refractivity contribution in [1.82, 2.24) is 4.98 Å². The van der Waals surface area contributed by atoms with Gasteiger partial charge in [0, 0.05) is 23.4 Å². The summed E-state index contributed by atoms with van der Waals surface area (Å²) in [6.45, 7) is 10.7. The molecule has 2 nitrogen and oxygen atoms in total. The second kappa shape index (κ2) is 6.07. The van der Waals surface area contributed by atoms with Gasteiger partial charge in [0.15, 0.2) is 0 Å². The van der Waals surface area contributed by atoms with Crippen LogP contribution in [0.4, 0.5) is 0 Å². The van der Waals surface area contributed by atoms with E-state index in [1.54, 1.807) is 12.3 Å². The quantitative estimate of drug-likeness (QED) is 0.679. The van der Waals surface area contributed by atoms with E-state index in [2.05, 4.69) is 44.8 Å². The zero-order valence-electron chi connectivity index (χ0n) is 13.3. The van der Waals surface area contributed by atoms with E-state index in [1.165, 1.54) is 11.1 Å². The van der Waals surface area contributed by atoms with E-state index in [1.807, 2.05) is 13.0 Å². The Hall–Kier alpha value is -1.54. The minimum atomic E-state index is 0.0191. The lowest BCUT2D eigenvalue weighted by Crippen LogP contribution is -2.13. The molecule has 1 heterocycles. The van der Waals surface area contributed by atoms with Gasteiger partial charge in [-0.1, -0.05) is 51.4 Å². The summed E-state index contributed by atoms with van der Waals surface area (Å²) in [6, 6.07) is 8.15. The Bertz CT molecular complexity index is 644. The van der Waals surface area contributed by atoms with Crippen LogP contribution in [0.2, 0.25) is 5.15 Å². The van der Waals surface area contributed by atoms with Gasteiger partial charge < -0.3 is 4.74 Å². The highest BCUT2D eigenvalue weighted by atomic mass is 35.5. The van der Waals surface area contributed by atoms with Crippen LogP contribution in [0, 0.1) is 6.92 Å². The fraction of sp³-hybridized carbons (Fsp3) is 0.389. The number of aromatic nitrogens is 1. The third-order valence-corrected chi connectivity index (χ3v) is 3.71. The highest BCUT2D eigenvalue weighted by Crippen LogP contribution is 2.36. The molecule has 1 aromatic carbocycles. The molecule has 112 valence electrons. The minimum absolute atomic E-state index is 0.0191. The SMILES string of the molecule is CCc1ccc(Oc2cc(Cl)ncc2C)c(C(C)(C)C)c1. The zero-order chi connectivity index (χ0) is 15.6. The summed E-state index contributed by atoms with van der Waals surface area (Å²) in [5.41, 5.74) is 3.51. The van der Waals surface area contributed by atoms with Crippen molar-refractivity contribution >= 4 is 11.6 Å². The molecular formula is C18H22ClNO. The first kappa shape index (κ1) is 15.8. The molecule has 0 spiro atoms. The van der Waals surface area contributed by atoms with Gasteiger partial charge in [0.2, 0.25) is 0 Å². The molecule has 3 heteroatoms. The number of halogens is 1. The Kier molecular flexibility index (Phi) is 4.58. The maximum Gasteiger partial charge on any atom is 0.134 e. The summed E-state index contributed by atoms with van der Waals surface area (Å²) in [6.07, 6.45) is 2.75. The van der Waals surface area contributed by atoms with Gasteiger partial charge in [-0.3, -0.25) is 0 Å². The van der Waals surface area contributed by atoms with Crippen molar-refractivity contribution in [3.63, 3.8) is 0 Å². The fourth-order valence-electron chi connectivity index (χ4n) is 2.18. The van der Waals surface area contributed by atoms with Gasteiger partial charge in [-0.25, -0.2) is 4.98 Å². The molecule has 21 heavy (non-hydrogen) atoms. The lowest BCUT2D eigenvalue weighted by atomic mass is 9.85. The van der Waals surface area contributed by atoms with Crippen molar-refractivity contribution in [2.45, 2.75) is 46.5 Å². The van der Waals surface area contributed by atoms with Gasteiger partial charge in [-0.15, -0.1) is 0 Å². The summed E-state index contributed by atoms with van der Waals surface area (Å²) in [5, 5.41) is 0.443. The van der Waals surface area contributed by atoms with Crippen molar-refractivity contribution in [1.29, 1.82) is 0 Å². The van der Waals surface area contributed by atoms with Crippen molar-refractivity contribution in [3.05, 3.63) is 52.3 Å². The number of benzene rings is 1. The predicted octanol–water partition coefficient (Wildman–Crippen LogP) is 5.70. The summed E-state index contributed by atoms with van der Waals surface area (Å²) in [7, 11) is 0. The van der Waals surface area contributed by atoms with Gasteiger partial charge in [-0.2, -0.15) is 0 Å². The van der Waals surface area contributed by atoms with Crippen LogP contribution >= 0.6 is 11.6 Å². The molecule has 0 N–H and O–H groups in total. The summed E-state index contributed by atoms with van der Waals surface area (Å²) >= 11 is 5.97. The van der Waals surface area contributed by atoms with Gasteiger partial charge in [0.1, 0.15) is 16.7 Å². The molecule has 0 aliphatic heterocycles. The Morgan fingerprint density at radius 2 is 1.86 bits per heavy atom. The predicted molar refractivity (Wildman–Crippen MR) is 88.6 cm³/mol. The molecule has 0 saturated heterocycles. The van der Waals surface area contributed by atoms with Crippen LogP contribution in [0.5, 0.6) is 11.5 Å². The smallest absolute Gasteiger partial charge is 0.134 e. The maximum atomic E-state index is 6.12. The van der Waals surface area contributed by atoms with E-state index < -0.39 is 0 Å². The lowest BCUT2D eigenvalue weighted by Gasteiger charge is -2.24. The van der Waals surface area contributed by atoms with Crippen LogP contribution in [0.3, 0.4) is 0 Å². The largest absolute Gasteiger partial charge is 0.457 e. The van der Waals surface area contributed by atoms with Crippen LogP contribution in [0.1, 0.15) is 44.4 Å². The molecule has 0 radical (unpaired) electrons. The van der Waals surface area contributed by atoms with E-state index in [4.69, 9.17) is 16.3 Å². The highest BCUT2D eigenvalue weighted by Gasteiger charge is 2.20. The molecule has 1 aromatic heterocycles. The topological polar surface area (TPSA) is 22.1 Å².